The van der Waals surface area contributed by atoms with Crippen molar-refractivity contribution >= 4 is 23.1 Å². The molecule has 0 aliphatic carbocycles. The van der Waals surface area contributed by atoms with Gasteiger partial charge in [-0.05, 0) is 13.8 Å². The van der Waals surface area contributed by atoms with Crippen LogP contribution in [0.15, 0.2) is 0 Å². The van der Waals surface area contributed by atoms with Gasteiger partial charge in [0.05, 0.1) is 12.8 Å². The van der Waals surface area contributed by atoms with E-state index in [1.165, 1.54) is 0 Å². The first-order chi connectivity index (χ1) is 8.67. The standard InChI is InChI=1S/2C5H5F3O2/c2*1-3(9)2-4(10)5(6,7)8/h2*2H2,1H3. The van der Waals surface area contributed by atoms with Crippen LogP contribution < -0.4 is 0 Å². The highest BCUT2D eigenvalue weighted by molar-refractivity contribution is 6.01. The van der Waals surface area contributed by atoms with Crippen molar-refractivity contribution in [2.24, 2.45) is 0 Å². The molecule has 0 saturated carbocycles. The molecule has 0 aliphatic heterocycles. The third kappa shape index (κ3) is 11.4. The van der Waals surface area contributed by atoms with E-state index in [-0.39, 0.29) is 0 Å². The zero-order chi connectivity index (χ0) is 16.7. The van der Waals surface area contributed by atoms with Crippen LogP contribution in [0.2, 0.25) is 0 Å². The lowest BCUT2D eigenvalue weighted by Crippen LogP contribution is -2.24. The van der Waals surface area contributed by atoms with Gasteiger partial charge in [-0.3, -0.25) is 19.2 Å². The first kappa shape index (κ1) is 20.6. The molecule has 0 saturated heterocycles. The van der Waals surface area contributed by atoms with E-state index in [0.717, 1.165) is 13.8 Å². The molecule has 0 aliphatic rings. The van der Waals surface area contributed by atoms with Crippen LogP contribution in [-0.4, -0.2) is 35.5 Å². The smallest absolute Gasteiger partial charge is 0.300 e. The van der Waals surface area contributed by atoms with Gasteiger partial charge in [0.2, 0.25) is 11.6 Å². The Kier molecular flexibility index (Phi) is 7.98. The van der Waals surface area contributed by atoms with Crippen LogP contribution in [0.1, 0.15) is 26.7 Å². The zero-order valence-electron chi connectivity index (χ0n) is 10.3. The fourth-order valence-electron chi connectivity index (χ4n) is 0.653. The molecule has 0 bridgehead atoms. The van der Waals surface area contributed by atoms with E-state index < -0.39 is 48.3 Å². The molecule has 10 heteroatoms. The minimum absolute atomic E-state index is 0.776. The summed E-state index contributed by atoms with van der Waals surface area (Å²) in [4.78, 5) is 39.8. The van der Waals surface area contributed by atoms with Gasteiger partial charge < -0.3 is 0 Å². The lowest BCUT2D eigenvalue weighted by atomic mass is 10.2. The van der Waals surface area contributed by atoms with Crippen molar-refractivity contribution in [1.29, 1.82) is 0 Å². The van der Waals surface area contributed by atoms with Crippen molar-refractivity contribution in [3.63, 3.8) is 0 Å². The maximum absolute atomic E-state index is 11.3. The lowest BCUT2D eigenvalue weighted by Gasteiger charge is -2.00. The van der Waals surface area contributed by atoms with Crippen LogP contribution in [0.3, 0.4) is 0 Å². The van der Waals surface area contributed by atoms with Crippen LogP contribution in [0.25, 0.3) is 0 Å². The Morgan fingerprint density at radius 3 is 0.900 bits per heavy atom. The molecule has 0 aromatic carbocycles. The van der Waals surface area contributed by atoms with Gasteiger partial charge in [-0.1, -0.05) is 0 Å². The molecule has 0 N–H and O–H groups in total. The molecule has 0 amide bonds. The third-order valence-electron chi connectivity index (χ3n) is 1.45. The Morgan fingerprint density at radius 2 is 0.850 bits per heavy atom. The van der Waals surface area contributed by atoms with E-state index in [9.17, 15) is 45.5 Å². The maximum atomic E-state index is 11.3. The molecule has 0 unspecified atom stereocenters. The van der Waals surface area contributed by atoms with Crippen molar-refractivity contribution in [3.05, 3.63) is 0 Å². The molecule has 0 radical (unpaired) electrons. The highest BCUT2D eigenvalue weighted by Gasteiger charge is 2.38. The van der Waals surface area contributed by atoms with Gasteiger partial charge in [0.1, 0.15) is 11.6 Å². The van der Waals surface area contributed by atoms with E-state index in [1.54, 1.807) is 0 Å². The van der Waals surface area contributed by atoms with Crippen LogP contribution >= 0.6 is 0 Å². The number of hydrogen-bond acceptors (Lipinski definition) is 4. The summed E-state index contributed by atoms with van der Waals surface area (Å²) in [5.74, 6) is -5.52. The van der Waals surface area contributed by atoms with Crippen molar-refractivity contribution in [2.75, 3.05) is 0 Å². The summed E-state index contributed by atoms with van der Waals surface area (Å²) in [6.45, 7) is 1.87. The van der Waals surface area contributed by atoms with Crippen molar-refractivity contribution in [2.45, 2.75) is 39.0 Å². The number of hydrogen-bond donors (Lipinski definition) is 0. The zero-order valence-corrected chi connectivity index (χ0v) is 10.3. The van der Waals surface area contributed by atoms with Gasteiger partial charge in [0, 0.05) is 0 Å². The van der Waals surface area contributed by atoms with E-state index in [2.05, 4.69) is 0 Å². The molecule has 0 heterocycles. The monoisotopic (exact) mass is 308 g/mol. The molecule has 0 spiro atoms. The molecule has 0 fully saturated rings. The third-order valence-corrected chi connectivity index (χ3v) is 1.45. The first-order valence-electron chi connectivity index (χ1n) is 4.86. The fourth-order valence-corrected chi connectivity index (χ4v) is 0.653. The Bertz CT molecular complexity index is 356. The summed E-state index contributed by atoms with van der Waals surface area (Å²) in [6, 6.07) is 0. The Balaban J connectivity index is 0. The van der Waals surface area contributed by atoms with Gasteiger partial charge in [-0.15, -0.1) is 0 Å². The van der Waals surface area contributed by atoms with Crippen LogP contribution in [0.4, 0.5) is 26.3 Å². The minimum atomic E-state index is -4.87. The summed E-state index contributed by atoms with van der Waals surface area (Å²) < 4.78 is 67.8. The summed E-state index contributed by atoms with van der Waals surface area (Å²) in [5, 5.41) is 0. The molecule has 0 rings (SSSR count). The number of carbonyl (C=O) groups is 4. The van der Waals surface area contributed by atoms with Crippen molar-refractivity contribution in [1.82, 2.24) is 0 Å². The van der Waals surface area contributed by atoms with Gasteiger partial charge in [-0.2, -0.15) is 26.3 Å². The normalized spacial score (nSPS) is 11.2. The predicted octanol–water partition coefficient (Wildman–Crippen LogP) is 2.19. The second kappa shape index (κ2) is 7.75. The Hall–Kier alpha value is -1.74. The van der Waals surface area contributed by atoms with E-state index in [1.807, 2.05) is 0 Å². The molecular formula is C10H10F6O4. The lowest BCUT2D eigenvalue weighted by molar-refractivity contribution is -0.171. The summed E-state index contributed by atoms with van der Waals surface area (Å²) >= 11 is 0. The molecule has 0 atom stereocenters. The van der Waals surface area contributed by atoms with E-state index in [4.69, 9.17) is 0 Å². The highest BCUT2D eigenvalue weighted by Crippen LogP contribution is 2.18. The predicted molar refractivity (Wildman–Crippen MR) is 52.7 cm³/mol. The van der Waals surface area contributed by atoms with Gasteiger partial charge in [-0.25, -0.2) is 0 Å². The number of alkyl halides is 6. The second-order valence-electron chi connectivity index (χ2n) is 3.60. The molecule has 4 nitrogen and oxygen atoms in total. The van der Waals surface area contributed by atoms with Gasteiger partial charge in [0.15, 0.2) is 0 Å². The average molecular weight is 308 g/mol. The first-order valence-corrected chi connectivity index (χ1v) is 4.86. The number of ketones is 4. The van der Waals surface area contributed by atoms with Crippen LogP contribution in [0.5, 0.6) is 0 Å². The van der Waals surface area contributed by atoms with Gasteiger partial charge >= 0.3 is 12.4 Å². The topological polar surface area (TPSA) is 68.3 Å². The van der Waals surface area contributed by atoms with E-state index in [0.29, 0.717) is 0 Å². The maximum Gasteiger partial charge on any atom is 0.450 e. The summed E-state index contributed by atoms with van der Waals surface area (Å²) in [5.41, 5.74) is 0. The molecular weight excluding hydrogens is 298 g/mol. The molecule has 20 heavy (non-hydrogen) atoms. The van der Waals surface area contributed by atoms with Crippen LogP contribution in [-0.2, 0) is 19.2 Å². The highest BCUT2D eigenvalue weighted by atomic mass is 19.4. The quantitative estimate of drug-likeness (QED) is 0.590. The fraction of sp³-hybridized carbons (Fsp3) is 0.600. The van der Waals surface area contributed by atoms with Crippen molar-refractivity contribution in [3.8, 4) is 0 Å². The molecule has 0 aromatic heterocycles. The van der Waals surface area contributed by atoms with Gasteiger partial charge in [0.25, 0.3) is 0 Å². The molecule has 0 aromatic rings. The number of rotatable bonds is 4. The van der Waals surface area contributed by atoms with Crippen LogP contribution in [0, 0.1) is 0 Å². The minimum Gasteiger partial charge on any atom is -0.300 e. The van der Waals surface area contributed by atoms with Crippen molar-refractivity contribution < 1.29 is 45.5 Å². The summed E-state index contributed by atoms with van der Waals surface area (Å²) in [6.07, 6.45) is -11.8. The average Bonchev–Trinajstić information content (AvgIpc) is 2.13. The SMILES string of the molecule is CC(=O)CC(=O)C(F)(F)F.CC(=O)CC(=O)C(F)(F)F. The second-order valence-corrected chi connectivity index (χ2v) is 3.60. The largest absolute Gasteiger partial charge is 0.450 e. The summed E-state index contributed by atoms with van der Waals surface area (Å²) in [7, 11) is 0. The van der Waals surface area contributed by atoms with E-state index >= 15 is 0 Å². The Labute approximate surface area is 109 Å². The number of Topliss-reactive ketones (excluding diaryl/α,β-unsaturated/α-hetero) is 4. The molecule has 116 valence electrons. The number of halogens is 6. The Morgan fingerprint density at radius 1 is 0.650 bits per heavy atom. The number of carbonyl (C=O) groups excluding carboxylic acids is 4.